The summed E-state index contributed by atoms with van der Waals surface area (Å²) in [5.74, 6) is -2.88. The van der Waals surface area contributed by atoms with Crippen LogP contribution in [0.3, 0.4) is 0 Å². The van der Waals surface area contributed by atoms with E-state index >= 15 is 0 Å². The molecule has 0 bridgehead atoms. The molecule has 1 heterocycles. The van der Waals surface area contributed by atoms with Crippen LogP contribution in [0.1, 0.15) is 43.0 Å². The van der Waals surface area contributed by atoms with Gasteiger partial charge in [-0.15, -0.1) is 0 Å². The summed E-state index contributed by atoms with van der Waals surface area (Å²) < 4.78 is 24.8. The fraction of sp³-hybridized carbons (Fsp3) is 0.421. The average molecular weight is 395 g/mol. The Labute approximate surface area is 161 Å². The van der Waals surface area contributed by atoms with Crippen molar-refractivity contribution in [3.8, 4) is 0 Å². The first-order chi connectivity index (χ1) is 12.9. The molecule has 0 unspecified atom stereocenters. The number of alkyl halides is 2. The van der Waals surface area contributed by atoms with Gasteiger partial charge in [-0.3, -0.25) is 9.59 Å². The molecule has 2 rings (SSSR count). The largest absolute Gasteiger partial charge is 0.326 e. The summed E-state index contributed by atoms with van der Waals surface area (Å²) in [6, 6.07) is 7.70. The summed E-state index contributed by atoms with van der Waals surface area (Å²) in [5.41, 5.74) is 2.13. The zero-order valence-electron chi connectivity index (χ0n) is 15.4. The van der Waals surface area contributed by atoms with E-state index in [2.05, 4.69) is 22.2 Å². The molecule has 0 atom stereocenters. The van der Waals surface area contributed by atoms with Crippen LogP contribution in [0.25, 0.3) is 0 Å². The number of hydrogen-bond acceptors (Lipinski definition) is 4. The monoisotopic (exact) mass is 395 g/mol. The van der Waals surface area contributed by atoms with Crippen molar-refractivity contribution in [2.75, 3.05) is 5.32 Å². The van der Waals surface area contributed by atoms with E-state index in [0.717, 1.165) is 19.3 Å². The number of carbonyl (C=O) groups excluding carboxylic acids is 1. The molecule has 0 radical (unpaired) electrons. The first kappa shape index (κ1) is 21.1. The van der Waals surface area contributed by atoms with Crippen LogP contribution < -0.4 is 10.9 Å². The Morgan fingerprint density at radius 1 is 1.26 bits per heavy atom. The Bertz CT molecular complexity index is 823. The van der Waals surface area contributed by atoms with Crippen molar-refractivity contribution in [2.24, 2.45) is 0 Å². The van der Waals surface area contributed by atoms with Gasteiger partial charge in [-0.1, -0.05) is 25.5 Å². The van der Waals surface area contributed by atoms with Crippen molar-refractivity contribution in [3.63, 3.8) is 0 Å². The summed E-state index contributed by atoms with van der Waals surface area (Å²) in [6.07, 6.45) is 3.56. The lowest BCUT2D eigenvalue weighted by atomic mass is 10.1. The quantitative estimate of drug-likeness (QED) is 0.490. The standard InChI is InChI=1S/C19H23F2N3O2S/c1-3-4-5-13-6-8-14(9-7-13)23-16(25)11-10-15-12(2)22-19(24-17(15)26)27-18(20)21/h6-9,18H,3-5,10-11H2,1-2H3,(H,23,25)(H,22,24,26). The minimum atomic E-state index is -2.66. The molecular formula is C19H23F2N3O2S. The molecule has 2 N–H and O–H groups in total. The normalized spacial score (nSPS) is 11.0. The highest BCUT2D eigenvalue weighted by Gasteiger charge is 2.14. The number of amides is 1. The first-order valence-corrected chi connectivity index (χ1v) is 9.70. The molecule has 8 heteroatoms. The van der Waals surface area contributed by atoms with Crippen LogP contribution in [-0.2, 0) is 17.6 Å². The van der Waals surface area contributed by atoms with E-state index in [1.807, 2.05) is 24.3 Å². The Balaban J connectivity index is 1.92. The fourth-order valence-electron chi connectivity index (χ4n) is 2.62. The molecule has 5 nitrogen and oxygen atoms in total. The van der Waals surface area contributed by atoms with Crippen molar-refractivity contribution < 1.29 is 13.6 Å². The number of unbranched alkanes of at least 4 members (excludes halogenated alkanes) is 1. The van der Waals surface area contributed by atoms with E-state index in [-0.39, 0.29) is 35.7 Å². The van der Waals surface area contributed by atoms with E-state index in [0.29, 0.717) is 16.9 Å². The van der Waals surface area contributed by atoms with Gasteiger partial charge < -0.3 is 10.3 Å². The van der Waals surface area contributed by atoms with Gasteiger partial charge in [0, 0.05) is 23.4 Å². The summed E-state index contributed by atoms with van der Waals surface area (Å²) in [4.78, 5) is 30.5. The van der Waals surface area contributed by atoms with Gasteiger partial charge in [-0.05, 0) is 55.6 Å². The number of halogens is 2. The van der Waals surface area contributed by atoms with Crippen molar-refractivity contribution >= 4 is 23.4 Å². The summed E-state index contributed by atoms with van der Waals surface area (Å²) in [6.45, 7) is 3.72. The van der Waals surface area contributed by atoms with Crippen LogP contribution in [0, 0.1) is 6.92 Å². The van der Waals surface area contributed by atoms with Crippen molar-refractivity contribution in [3.05, 3.63) is 51.4 Å². The Morgan fingerprint density at radius 2 is 1.96 bits per heavy atom. The fourth-order valence-corrected chi connectivity index (χ4v) is 3.13. The van der Waals surface area contributed by atoms with E-state index in [1.165, 1.54) is 5.56 Å². The molecule has 0 saturated heterocycles. The van der Waals surface area contributed by atoms with Gasteiger partial charge in [0.05, 0.1) is 0 Å². The van der Waals surface area contributed by atoms with Crippen LogP contribution in [0.5, 0.6) is 0 Å². The second kappa shape index (κ2) is 10.2. The lowest BCUT2D eigenvalue weighted by Gasteiger charge is -2.08. The molecule has 0 aliphatic rings. The smallest absolute Gasteiger partial charge is 0.291 e. The Hall–Kier alpha value is -2.22. The number of rotatable bonds is 9. The number of H-pyrrole nitrogens is 1. The van der Waals surface area contributed by atoms with Crippen LogP contribution in [0.2, 0.25) is 0 Å². The summed E-state index contributed by atoms with van der Waals surface area (Å²) in [5, 5.41) is 2.68. The van der Waals surface area contributed by atoms with Crippen LogP contribution in [0.15, 0.2) is 34.2 Å². The van der Waals surface area contributed by atoms with Gasteiger partial charge in [0.25, 0.3) is 11.3 Å². The highest BCUT2D eigenvalue weighted by molar-refractivity contribution is 7.99. The number of hydrogen-bond donors (Lipinski definition) is 2. The second-order valence-corrected chi connectivity index (χ2v) is 7.14. The SMILES string of the molecule is CCCCc1ccc(NC(=O)CCc2c(C)nc(SC(F)F)[nH]c2=O)cc1. The Morgan fingerprint density at radius 3 is 2.56 bits per heavy atom. The molecule has 1 aromatic heterocycles. The van der Waals surface area contributed by atoms with Crippen LogP contribution in [-0.4, -0.2) is 21.6 Å². The molecule has 0 fully saturated rings. The molecule has 0 saturated carbocycles. The number of carbonyl (C=O) groups is 1. The minimum absolute atomic E-state index is 0.102. The number of anilines is 1. The number of aromatic amines is 1. The number of nitrogens with zero attached hydrogens (tertiary/aromatic N) is 1. The summed E-state index contributed by atoms with van der Waals surface area (Å²) >= 11 is 0.188. The van der Waals surface area contributed by atoms with Crippen LogP contribution >= 0.6 is 11.8 Å². The molecule has 0 aliphatic carbocycles. The van der Waals surface area contributed by atoms with Gasteiger partial charge in [0.15, 0.2) is 5.16 Å². The number of thioether (sulfide) groups is 1. The third-order valence-corrected chi connectivity index (χ3v) is 4.65. The topological polar surface area (TPSA) is 74.8 Å². The highest BCUT2D eigenvalue weighted by Crippen LogP contribution is 2.21. The molecular weight excluding hydrogens is 372 g/mol. The van der Waals surface area contributed by atoms with Crippen molar-refractivity contribution in [1.29, 1.82) is 0 Å². The molecule has 0 spiro atoms. The number of aromatic nitrogens is 2. The maximum Gasteiger partial charge on any atom is 0.291 e. The maximum absolute atomic E-state index is 12.4. The number of nitrogens with one attached hydrogen (secondary N) is 2. The zero-order valence-corrected chi connectivity index (χ0v) is 16.2. The highest BCUT2D eigenvalue weighted by atomic mass is 32.2. The maximum atomic E-state index is 12.4. The Kier molecular flexibility index (Phi) is 7.97. The van der Waals surface area contributed by atoms with Crippen molar-refractivity contribution in [1.82, 2.24) is 9.97 Å². The van der Waals surface area contributed by atoms with Gasteiger partial charge >= 0.3 is 0 Å². The average Bonchev–Trinajstić information content (AvgIpc) is 2.60. The minimum Gasteiger partial charge on any atom is -0.326 e. The first-order valence-electron chi connectivity index (χ1n) is 8.82. The molecule has 1 aromatic carbocycles. The van der Waals surface area contributed by atoms with E-state index in [1.54, 1.807) is 6.92 Å². The van der Waals surface area contributed by atoms with E-state index < -0.39 is 11.3 Å². The van der Waals surface area contributed by atoms with E-state index in [9.17, 15) is 18.4 Å². The number of benzene rings is 1. The molecule has 27 heavy (non-hydrogen) atoms. The number of aryl methyl sites for hydroxylation is 2. The van der Waals surface area contributed by atoms with E-state index in [4.69, 9.17) is 0 Å². The van der Waals surface area contributed by atoms with Gasteiger partial charge in [-0.2, -0.15) is 8.78 Å². The zero-order chi connectivity index (χ0) is 19.8. The second-order valence-electron chi connectivity index (χ2n) is 6.16. The predicted molar refractivity (Wildman–Crippen MR) is 103 cm³/mol. The van der Waals surface area contributed by atoms with Crippen LogP contribution in [0.4, 0.5) is 14.5 Å². The molecule has 2 aromatic rings. The molecule has 146 valence electrons. The lowest BCUT2D eigenvalue weighted by Crippen LogP contribution is -2.20. The third kappa shape index (κ3) is 6.78. The third-order valence-electron chi connectivity index (χ3n) is 4.06. The van der Waals surface area contributed by atoms with Gasteiger partial charge in [0.1, 0.15) is 0 Å². The molecule has 1 amide bonds. The summed E-state index contributed by atoms with van der Waals surface area (Å²) in [7, 11) is 0. The predicted octanol–water partition coefficient (Wildman–Crippen LogP) is 4.31. The van der Waals surface area contributed by atoms with Gasteiger partial charge in [0.2, 0.25) is 5.91 Å². The molecule has 0 aliphatic heterocycles. The lowest BCUT2D eigenvalue weighted by molar-refractivity contribution is -0.116. The van der Waals surface area contributed by atoms with Gasteiger partial charge in [-0.25, -0.2) is 4.98 Å². The van der Waals surface area contributed by atoms with Crippen molar-refractivity contribution in [2.45, 2.75) is 56.9 Å².